The summed E-state index contributed by atoms with van der Waals surface area (Å²) in [6, 6.07) is 12.8. The zero-order valence-electron chi connectivity index (χ0n) is 15.5. The van der Waals surface area contributed by atoms with E-state index in [4.69, 9.17) is 16.7 Å². The molecule has 2 N–H and O–H groups in total. The predicted molar refractivity (Wildman–Crippen MR) is 114 cm³/mol. The van der Waals surface area contributed by atoms with Crippen LogP contribution in [0.25, 0.3) is 0 Å². The molecule has 2 aromatic rings. The van der Waals surface area contributed by atoms with Crippen LogP contribution in [0.3, 0.4) is 0 Å². The number of halogens is 1. The number of hydrogen-bond donors (Lipinski definition) is 2. The maximum Gasteiger partial charge on any atom is 0.335 e. The Balaban J connectivity index is 1.80. The van der Waals surface area contributed by atoms with E-state index in [0.29, 0.717) is 28.1 Å². The number of thioether (sulfide) groups is 1. The van der Waals surface area contributed by atoms with Gasteiger partial charge in [0.1, 0.15) is 5.25 Å². The van der Waals surface area contributed by atoms with Crippen molar-refractivity contribution in [2.75, 3.05) is 11.9 Å². The van der Waals surface area contributed by atoms with Crippen molar-refractivity contribution in [3.05, 3.63) is 59.1 Å². The zero-order valence-corrected chi connectivity index (χ0v) is 17.0. The fraction of sp³-hybridized carbons (Fsp3) is 0.200. The summed E-state index contributed by atoms with van der Waals surface area (Å²) in [7, 11) is 0. The highest BCUT2D eigenvalue weighted by Gasteiger charge is 2.35. The van der Waals surface area contributed by atoms with Gasteiger partial charge in [0.2, 0.25) is 11.8 Å². The summed E-state index contributed by atoms with van der Waals surface area (Å²) in [4.78, 5) is 42.4. The number of aromatic carboxylic acids is 1. The molecule has 1 fully saturated rings. The number of carboxylic acid groups (broad SMARTS) is 1. The first-order valence-electron chi connectivity index (χ1n) is 8.83. The van der Waals surface area contributed by atoms with E-state index >= 15 is 0 Å². The topological polar surface area (TPSA) is 99.1 Å². The van der Waals surface area contributed by atoms with Crippen LogP contribution in [-0.2, 0) is 9.59 Å². The molecule has 7 nitrogen and oxygen atoms in total. The fourth-order valence-corrected chi connectivity index (χ4v) is 4.02. The maximum atomic E-state index is 12.7. The number of benzene rings is 2. The molecule has 2 amide bonds. The van der Waals surface area contributed by atoms with E-state index in [1.54, 1.807) is 36.4 Å². The van der Waals surface area contributed by atoms with Gasteiger partial charge in [-0.15, -0.1) is 0 Å². The Morgan fingerprint density at radius 2 is 2.00 bits per heavy atom. The van der Waals surface area contributed by atoms with E-state index in [1.165, 1.54) is 28.8 Å². The molecule has 0 radical (unpaired) electrons. The van der Waals surface area contributed by atoms with Gasteiger partial charge in [-0.1, -0.05) is 29.4 Å². The normalized spacial score (nSPS) is 18.0. The molecular weight excluding hydrogens is 414 g/mol. The Bertz CT molecular complexity index is 978. The number of carboxylic acids is 1. The molecule has 1 saturated heterocycles. The monoisotopic (exact) mass is 431 g/mol. The predicted octanol–water partition coefficient (Wildman–Crippen LogP) is 4.02. The number of carbonyl (C=O) groups excluding carboxylic acids is 2. The van der Waals surface area contributed by atoms with Crippen LogP contribution in [0.15, 0.2) is 53.5 Å². The number of rotatable bonds is 5. The molecule has 1 heterocycles. The third-order valence-corrected chi connectivity index (χ3v) is 5.62. The number of nitrogens with one attached hydrogen (secondary N) is 1. The van der Waals surface area contributed by atoms with Crippen LogP contribution in [0, 0.1) is 0 Å². The SMILES string of the molecule is CCN1C(=O)C[C@@H](C(=O)Nc2cccc(C(=O)O)c2)SC1=Nc1ccc(Cl)cc1. The van der Waals surface area contributed by atoms with Crippen molar-refractivity contribution in [1.82, 2.24) is 4.90 Å². The first-order valence-corrected chi connectivity index (χ1v) is 10.1. The van der Waals surface area contributed by atoms with Gasteiger partial charge in [-0.05, 0) is 49.4 Å². The van der Waals surface area contributed by atoms with Gasteiger partial charge in [-0.25, -0.2) is 9.79 Å². The van der Waals surface area contributed by atoms with Crippen LogP contribution < -0.4 is 5.32 Å². The summed E-state index contributed by atoms with van der Waals surface area (Å²) in [5.74, 6) is -1.66. The number of carbonyl (C=O) groups is 3. The lowest BCUT2D eigenvalue weighted by atomic mass is 10.2. The van der Waals surface area contributed by atoms with Gasteiger partial charge in [0, 0.05) is 23.7 Å². The van der Waals surface area contributed by atoms with Crippen molar-refractivity contribution in [3.8, 4) is 0 Å². The molecule has 1 aliphatic rings. The molecule has 150 valence electrons. The quantitative estimate of drug-likeness (QED) is 0.744. The smallest absolute Gasteiger partial charge is 0.335 e. The average molecular weight is 432 g/mol. The Morgan fingerprint density at radius 3 is 2.66 bits per heavy atom. The molecule has 0 bridgehead atoms. The van der Waals surface area contributed by atoms with Gasteiger partial charge in [-0.3, -0.25) is 14.5 Å². The summed E-state index contributed by atoms with van der Waals surface area (Å²) >= 11 is 7.10. The Hall–Kier alpha value is -2.84. The second-order valence-electron chi connectivity index (χ2n) is 6.19. The van der Waals surface area contributed by atoms with Crippen molar-refractivity contribution in [2.24, 2.45) is 4.99 Å². The zero-order chi connectivity index (χ0) is 21.0. The summed E-state index contributed by atoms with van der Waals surface area (Å²) in [5, 5.41) is 12.1. The van der Waals surface area contributed by atoms with Crippen LogP contribution in [0.5, 0.6) is 0 Å². The van der Waals surface area contributed by atoms with Gasteiger partial charge in [0.15, 0.2) is 5.17 Å². The molecule has 29 heavy (non-hydrogen) atoms. The van der Waals surface area contributed by atoms with Crippen molar-refractivity contribution in [3.63, 3.8) is 0 Å². The van der Waals surface area contributed by atoms with Crippen molar-refractivity contribution < 1.29 is 19.5 Å². The number of amides is 2. The summed E-state index contributed by atoms with van der Waals surface area (Å²) in [6.07, 6.45) is 0.0304. The number of amidine groups is 1. The minimum Gasteiger partial charge on any atom is -0.478 e. The van der Waals surface area contributed by atoms with Gasteiger partial charge in [0.25, 0.3) is 0 Å². The Labute approximate surface area is 176 Å². The molecule has 0 saturated carbocycles. The van der Waals surface area contributed by atoms with Gasteiger partial charge >= 0.3 is 5.97 Å². The molecule has 9 heteroatoms. The number of anilines is 1. The van der Waals surface area contributed by atoms with E-state index < -0.39 is 11.2 Å². The minimum absolute atomic E-state index is 0.0304. The second kappa shape index (κ2) is 9.11. The Morgan fingerprint density at radius 1 is 1.28 bits per heavy atom. The van der Waals surface area contributed by atoms with Crippen LogP contribution in [0.1, 0.15) is 23.7 Å². The molecule has 0 unspecified atom stereocenters. The highest BCUT2D eigenvalue weighted by Crippen LogP contribution is 2.30. The van der Waals surface area contributed by atoms with Crippen LogP contribution in [-0.4, -0.2) is 44.8 Å². The molecule has 2 aromatic carbocycles. The first kappa shape index (κ1) is 20.9. The van der Waals surface area contributed by atoms with Crippen LogP contribution in [0.4, 0.5) is 11.4 Å². The number of hydrogen-bond acceptors (Lipinski definition) is 5. The van der Waals surface area contributed by atoms with E-state index in [0.717, 1.165) is 0 Å². The van der Waals surface area contributed by atoms with E-state index in [9.17, 15) is 14.4 Å². The molecule has 1 aliphatic heterocycles. The highest BCUT2D eigenvalue weighted by atomic mass is 35.5. The van der Waals surface area contributed by atoms with E-state index in [2.05, 4.69) is 10.3 Å². The van der Waals surface area contributed by atoms with Crippen molar-refractivity contribution >= 4 is 57.7 Å². The molecule has 0 aliphatic carbocycles. The standard InChI is InChI=1S/C20H18ClN3O4S/c1-2-24-17(25)11-16(29-20(24)23-14-8-6-13(21)7-9-14)18(26)22-15-5-3-4-12(10-15)19(27)28/h3-10,16H,2,11H2,1H3,(H,22,26)(H,27,28)/t16-/m0/s1. The summed E-state index contributed by atoms with van der Waals surface area (Å²) in [6.45, 7) is 2.28. The van der Waals surface area contributed by atoms with Gasteiger partial charge < -0.3 is 10.4 Å². The van der Waals surface area contributed by atoms with E-state index in [-0.39, 0.29) is 23.8 Å². The lowest BCUT2D eigenvalue weighted by Gasteiger charge is -2.30. The van der Waals surface area contributed by atoms with E-state index in [1.807, 2.05) is 6.92 Å². The Kier molecular flexibility index (Phi) is 6.56. The molecule has 1 atom stereocenters. The lowest BCUT2D eigenvalue weighted by molar-refractivity contribution is -0.129. The molecule has 0 aromatic heterocycles. The number of aliphatic imine (C=N–C) groups is 1. The highest BCUT2D eigenvalue weighted by molar-refractivity contribution is 8.15. The third kappa shape index (κ3) is 5.16. The minimum atomic E-state index is -1.08. The molecule has 0 spiro atoms. The largest absolute Gasteiger partial charge is 0.478 e. The van der Waals surface area contributed by atoms with Crippen LogP contribution >= 0.6 is 23.4 Å². The first-order chi connectivity index (χ1) is 13.9. The molecule has 3 rings (SSSR count). The third-order valence-electron chi connectivity index (χ3n) is 4.18. The van der Waals surface area contributed by atoms with Crippen molar-refractivity contribution in [1.29, 1.82) is 0 Å². The van der Waals surface area contributed by atoms with Gasteiger partial charge in [0.05, 0.1) is 11.3 Å². The fourth-order valence-electron chi connectivity index (χ4n) is 2.73. The van der Waals surface area contributed by atoms with Gasteiger partial charge in [-0.2, -0.15) is 0 Å². The summed E-state index contributed by atoms with van der Waals surface area (Å²) in [5.41, 5.74) is 1.05. The second-order valence-corrected chi connectivity index (χ2v) is 7.80. The lowest BCUT2D eigenvalue weighted by Crippen LogP contribution is -2.45. The number of nitrogens with zero attached hydrogens (tertiary/aromatic N) is 2. The maximum absolute atomic E-state index is 12.7. The molecular formula is C20H18ClN3O4S. The van der Waals surface area contributed by atoms with Crippen LogP contribution in [0.2, 0.25) is 5.02 Å². The summed E-state index contributed by atoms with van der Waals surface area (Å²) < 4.78 is 0. The van der Waals surface area contributed by atoms with Crippen molar-refractivity contribution in [2.45, 2.75) is 18.6 Å². The average Bonchev–Trinajstić information content (AvgIpc) is 2.69.